The number of amides is 6. The van der Waals surface area contributed by atoms with Gasteiger partial charge in [-0.3, -0.25) is 28.8 Å². The summed E-state index contributed by atoms with van der Waals surface area (Å²) < 4.78 is 0. The summed E-state index contributed by atoms with van der Waals surface area (Å²) in [5, 5.41) is 11.3. The molecule has 12 heteroatoms. The van der Waals surface area contributed by atoms with Crippen LogP contribution in [0.2, 0.25) is 0 Å². The minimum atomic E-state index is -1.06. The Hall–Kier alpha value is -4.74. The molecule has 270 valence electrons. The molecule has 1 saturated heterocycles. The first-order valence-corrected chi connectivity index (χ1v) is 17.7. The molecular weight excluding hydrogens is 636 g/mol. The summed E-state index contributed by atoms with van der Waals surface area (Å²) >= 11 is 0. The van der Waals surface area contributed by atoms with Gasteiger partial charge in [0.25, 0.3) is 5.91 Å². The molecule has 0 bridgehead atoms. The molecule has 12 nitrogen and oxygen atoms in total. The zero-order valence-electron chi connectivity index (χ0n) is 30.0. The molecule has 0 aromatic heterocycles. The van der Waals surface area contributed by atoms with Crippen molar-refractivity contribution < 1.29 is 28.8 Å². The highest BCUT2D eigenvalue weighted by Gasteiger charge is 2.40. The summed E-state index contributed by atoms with van der Waals surface area (Å²) in [6, 6.07) is 11.0. The molecule has 6 amide bonds. The number of nitrogens with one attached hydrogen (secondary N) is 4. The predicted octanol–water partition coefficient (Wildman–Crippen LogP) is 3.27. The number of hydrogen-bond donors (Lipinski definition) is 4. The van der Waals surface area contributed by atoms with Crippen LogP contribution in [-0.4, -0.2) is 89.0 Å². The van der Waals surface area contributed by atoms with Gasteiger partial charge in [-0.1, -0.05) is 76.6 Å². The first kappa shape index (κ1) is 38.1. The van der Waals surface area contributed by atoms with Crippen LogP contribution in [0, 0.1) is 11.8 Å². The molecule has 4 rings (SSSR count). The highest BCUT2D eigenvalue weighted by Crippen LogP contribution is 2.26. The third-order valence-corrected chi connectivity index (χ3v) is 9.74. The number of fused-ring (bicyclic) bond motifs is 2. The molecule has 0 radical (unpaired) electrons. The number of anilines is 1. The molecular formula is C38H52N6O6. The van der Waals surface area contributed by atoms with E-state index in [-0.39, 0.29) is 35.4 Å². The molecule has 0 spiro atoms. The third kappa shape index (κ3) is 9.28. The second-order valence-corrected chi connectivity index (χ2v) is 14.0. The van der Waals surface area contributed by atoms with Crippen molar-refractivity contribution in [2.45, 2.75) is 103 Å². The number of carbonyl (C=O) groups is 6. The van der Waals surface area contributed by atoms with Gasteiger partial charge in [0.2, 0.25) is 29.5 Å². The van der Waals surface area contributed by atoms with Gasteiger partial charge in [0, 0.05) is 20.0 Å². The molecule has 4 N–H and O–H groups in total. The molecule has 2 aromatic rings. The molecule has 1 fully saturated rings. The van der Waals surface area contributed by atoms with E-state index in [0.29, 0.717) is 32.2 Å². The lowest BCUT2D eigenvalue weighted by atomic mass is 9.95. The average molecular weight is 689 g/mol. The van der Waals surface area contributed by atoms with Crippen molar-refractivity contribution in [3.05, 3.63) is 65.7 Å². The SMILES string of the molecule is CC[C@H](C)C1NC(=O)C(CC(C)C)N(C)C(=O)[C@@H]2CCCCN2C(=O)c2ccccc2NC(=O)C(Cc2ccccc2)NC(=O)[C@H](C)NC1=O. The smallest absolute Gasteiger partial charge is 0.256 e. The minimum Gasteiger partial charge on any atom is -0.343 e. The summed E-state index contributed by atoms with van der Waals surface area (Å²) in [4.78, 5) is 86.7. The topological polar surface area (TPSA) is 157 Å². The van der Waals surface area contributed by atoms with Crippen LogP contribution in [-0.2, 0) is 30.4 Å². The van der Waals surface area contributed by atoms with Gasteiger partial charge in [-0.05, 0) is 62.1 Å². The molecule has 2 aromatic carbocycles. The molecule has 0 aliphatic carbocycles. The van der Waals surface area contributed by atoms with Crippen molar-refractivity contribution >= 4 is 41.1 Å². The largest absolute Gasteiger partial charge is 0.343 e. The van der Waals surface area contributed by atoms with E-state index in [1.54, 1.807) is 31.3 Å². The fraction of sp³-hybridized carbons (Fsp3) is 0.526. The van der Waals surface area contributed by atoms with Crippen molar-refractivity contribution in [2.75, 3.05) is 18.9 Å². The summed E-state index contributed by atoms with van der Waals surface area (Å²) in [5.41, 5.74) is 1.24. The quantitative estimate of drug-likeness (QED) is 0.365. The van der Waals surface area contributed by atoms with Gasteiger partial charge >= 0.3 is 0 Å². The Morgan fingerprint density at radius 2 is 1.48 bits per heavy atom. The van der Waals surface area contributed by atoms with Crippen LogP contribution >= 0.6 is 0 Å². The second kappa shape index (κ2) is 17.3. The van der Waals surface area contributed by atoms with Crippen molar-refractivity contribution in [1.82, 2.24) is 25.8 Å². The lowest BCUT2D eigenvalue weighted by Gasteiger charge is -2.39. The number of nitrogens with zero attached hydrogens (tertiary/aromatic N) is 2. The van der Waals surface area contributed by atoms with Crippen LogP contribution in [0.15, 0.2) is 54.6 Å². The van der Waals surface area contributed by atoms with E-state index in [1.807, 2.05) is 58.0 Å². The van der Waals surface area contributed by atoms with Crippen molar-refractivity contribution in [1.29, 1.82) is 0 Å². The van der Waals surface area contributed by atoms with Crippen molar-refractivity contribution in [3.8, 4) is 0 Å². The van der Waals surface area contributed by atoms with Crippen LogP contribution in [0.3, 0.4) is 0 Å². The molecule has 2 aliphatic heterocycles. The van der Waals surface area contributed by atoms with Gasteiger partial charge in [0.15, 0.2) is 0 Å². The predicted molar refractivity (Wildman–Crippen MR) is 191 cm³/mol. The molecule has 2 aliphatic rings. The van der Waals surface area contributed by atoms with Gasteiger partial charge in [-0.25, -0.2) is 0 Å². The van der Waals surface area contributed by atoms with Gasteiger partial charge in [-0.2, -0.15) is 0 Å². The first-order chi connectivity index (χ1) is 23.8. The summed E-state index contributed by atoms with van der Waals surface area (Å²) in [7, 11) is 1.57. The highest BCUT2D eigenvalue weighted by molar-refractivity contribution is 6.07. The number of rotatable bonds is 6. The highest BCUT2D eigenvalue weighted by atomic mass is 16.2. The van der Waals surface area contributed by atoms with E-state index in [0.717, 1.165) is 12.0 Å². The zero-order valence-corrected chi connectivity index (χ0v) is 30.0. The van der Waals surface area contributed by atoms with Gasteiger partial charge in [0.1, 0.15) is 30.2 Å². The normalized spacial score (nSPS) is 25.2. The number of benzene rings is 2. The molecule has 50 heavy (non-hydrogen) atoms. The minimum absolute atomic E-state index is 0.0330. The second-order valence-electron chi connectivity index (χ2n) is 14.0. The Bertz CT molecular complexity index is 1550. The average Bonchev–Trinajstić information content (AvgIpc) is 3.11. The number of likely N-dealkylation sites (N-methyl/N-ethyl adjacent to an activating group) is 1. The monoisotopic (exact) mass is 688 g/mol. The maximum atomic E-state index is 14.3. The van der Waals surface area contributed by atoms with Crippen LogP contribution in [0.5, 0.6) is 0 Å². The van der Waals surface area contributed by atoms with Gasteiger partial charge in [0.05, 0.1) is 11.3 Å². The molecule has 2 heterocycles. The van der Waals surface area contributed by atoms with E-state index in [4.69, 9.17) is 0 Å². The standard InChI is InChI=1S/C38H52N6O6/c1-7-24(4)32-36(48)39-25(5)33(45)41-29(22-26-15-9-8-10-16-26)34(46)40-28-18-12-11-17-27(28)37(49)44-20-14-13-19-30(44)38(50)43(6)31(21-23(2)3)35(47)42-32/h8-12,15-18,23-25,29-32H,7,13-14,19-22H2,1-6H3,(H,39,48)(H,40,46)(H,41,45)(H,42,47)/t24-,25-,29?,30-,31?,32?/m0/s1. The lowest BCUT2D eigenvalue weighted by molar-refractivity contribution is -0.144. The summed E-state index contributed by atoms with van der Waals surface area (Å²) in [5.74, 6) is -3.23. The van der Waals surface area contributed by atoms with Gasteiger partial charge in [-0.15, -0.1) is 0 Å². The maximum absolute atomic E-state index is 14.3. The fourth-order valence-corrected chi connectivity index (χ4v) is 6.54. The zero-order chi connectivity index (χ0) is 36.5. The van der Waals surface area contributed by atoms with E-state index in [9.17, 15) is 28.8 Å². The van der Waals surface area contributed by atoms with Crippen molar-refractivity contribution in [3.63, 3.8) is 0 Å². The number of carbonyl (C=O) groups excluding carboxylic acids is 6. The van der Waals surface area contributed by atoms with Crippen LogP contribution < -0.4 is 21.3 Å². The Balaban J connectivity index is 1.79. The van der Waals surface area contributed by atoms with Gasteiger partial charge < -0.3 is 31.1 Å². The van der Waals surface area contributed by atoms with Crippen molar-refractivity contribution in [2.24, 2.45) is 11.8 Å². The van der Waals surface area contributed by atoms with Crippen LogP contribution in [0.25, 0.3) is 0 Å². The van der Waals surface area contributed by atoms with E-state index in [2.05, 4.69) is 21.3 Å². The molecule has 3 unspecified atom stereocenters. The van der Waals surface area contributed by atoms with Crippen LogP contribution in [0.4, 0.5) is 5.69 Å². The van der Waals surface area contributed by atoms with Crippen LogP contribution in [0.1, 0.15) is 82.6 Å². The number of piperidine rings is 1. The maximum Gasteiger partial charge on any atom is 0.256 e. The fourth-order valence-electron chi connectivity index (χ4n) is 6.54. The Labute approximate surface area is 295 Å². The first-order valence-electron chi connectivity index (χ1n) is 17.7. The Kier molecular flexibility index (Phi) is 13.1. The third-order valence-electron chi connectivity index (χ3n) is 9.74. The number of hydrogen-bond acceptors (Lipinski definition) is 6. The Morgan fingerprint density at radius 1 is 0.800 bits per heavy atom. The Morgan fingerprint density at radius 3 is 2.16 bits per heavy atom. The number of para-hydroxylation sites is 1. The van der Waals surface area contributed by atoms with E-state index >= 15 is 0 Å². The molecule has 0 saturated carbocycles. The lowest BCUT2D eigenvalue weighted by Crippen LogP contribution is -2.60. The van der Waals surface area contributed by atoms with E-state index in [1.165, 1.54) is 16.7 Å². The summed E-state index contributed by atoms with van der Waals surface area (Å²) in [6.45, 7) is 9.47. The van der Waals surface area contributed by atoms with E-state index < -0.39 is 59.7 Å². The summed E-state index contributed by atoms with van der Waals surface area (Å²) in [6.07, 6.45) is 2.87. The molecule has 6 atom stereocenters.